The van der Waals surface area contributed by atoms with Crippen molar-refractivity contribution in [2.45, 2.75) is 63.9 Å². The van der Waals surface area contributed by atoms with Crippen LogP contribution in [0.15, 0.2) is 18.2 Å². The van der Waals surface area contributed by atoms with E-state index in [0.717, 1.165) is 63.1 Å². The molecule has 4 nitrogen and oxygen atoms in total. The zero-order chi connectivity index (χ0) is 17.9. The summed E-state index contributed by atoms with van der Waals surface area (Å²) in [5.74, 6) is 0.551. The summed E-state index contributed by atoms with van der Waals surface area (Å²) in [5, 5.41) is 10.7. The molecular weight excluding hydrogens is 324 g/mol. The van der Waals surface area contributed by atoms with Gasteiger partial charge in [0.15, 0.2) is 0 Å². The maximum absolute atomic E-state index is 12.9. The van der Waals surface area contributed by atoms with Crippen LogP contribution in [0.1, 0.15) is 68.6 Å². The minimum Gasteiger partial charge on any atom is -0.387 e. The Hall–Kier alpha value is -1.39. The zero-order valence-corrected chi connectivity index (χ0v) is 15.8. The van der Waals surface area contributed by atoms with Crippen molar-refractivity contribution >= 4 is 11.6 Å². The number of aliphatic hydroxyl groups excluding tert-OH is 1. The van der Waals surface area contributed by atoms with Crippen LogP contribution < -0.4 is 4.90 Å². The van der Waals surface area contributed by atoms with Crippen molar-refractivity contribution in [3.8, 4) is 0 Å². The summed E-state index contributed by atoms with van der Waals surface area (Å²) in [5.41, 5.74) is 3.32. The van der Waals surface area contributed by atoms with Gasteiger partial charge in [0.25, 0.3) is 0 Å². The first-order valence-electron chi connectivity index (χ1n) is 10.6. The van der Waals surface area contributed by atoms with Gasteiger partial charge in [-0.05, 0) is 68.8 Å². The summed E-state index contributed by atoms with van der Waals surface area (Å²) in [6.45, 7) is 3.78. The smallest absolute Gasteiger partial charge is 0.230 e. The number of amides is 1. The van der Waals surface area contributed by atoms with Gasteiger partial charge in [0.1, 0.15) is 0 Å². The number of rotatable bonds is 4. The zero-order valence-electron chi connectivity index (χ0n) is 15.8. The fraction of sp³-hybridized carbons (Fsp3) is 0.682. The van der Waals surface area contributed by atoms with Gasteiger partial charge < -0.3 is 14.9 Å². The number of carbonyl (C=O) groups excluding carboxylic acids is 1. The van der Waals surface area contributed by atoms with E-state index in [1.807, 2.05) is 11.0 Å². The number of hydrogen-bond acceptors (Lipinski definition) is 3. The summed E-state index contributed by atoms with van der Waals surface area (Å²) in [6.07, 6.45) is 9.90. The second-order valence-corrected chi connectivity index (χ2v) is 8.34. The number of fused-ring (bicyclic) bond motifs is 1. The van der Waals surface area contributed by atoms with E-state index in [9.17, 15) is 9.90 Å². The molecule has 3 aliphatic rings. The molecule has 1 amide bonds. The molecule has 4 rings (SSSR count). The summed E-state index contributed by atoms with van der Waals surface area (Å²) in [4.78, 5) is 17.3. The summed E-state index contributed by atoms with van der Waals surface area (Å²) in [7, 11) is 0. The number of hydrogen-bond donors (Lipinski definition) is 1. The Morgan fingerprint density at radius 3 is 2.58 bits per heavy atom. The highest BCUT2D eigenvalue weighted by Crippen LogP contribution is 2.34. The van der Waals surface area contributed by atoms with Gasteiger partial charge in [0, 0.05) is 24.7 Å². The second-order valence-electron chi connectivity index (χ2n) is 8.34. The number of β-amino-alcohol motifs (C(OH)–C–C–N with tert-alkyl or cyclic N) is 1. The van der Waals surface area contributed by atoms with E-state index in [0.29, 0.717) is 5.91 Å². The lowest BCUT2D eigenvalue weighted by Crippen LogP contribution is -2.39. The third kappa shape index (κ3) is 3.81. The second kappa shape index (κ2) is 8.10. The number of nitrogens with zero attached hydrogens (tertiary/aromatic N) is 2. The van der Waals surface area contributed by atoms with Gasteiger partial charge in [0.05, 0.1) is 6.10 Å². The van der Waals surface area contributed by atoms with Crippen LogP contribution in [-0.2, 0) is 11.2 Å². The minimum absolute atomic E-state index is 0.227. The molecule has 0 spiro atoms. The van der Waals surface area contributed by atoms with Gasteiger partial charge in [-0.2, -0.15) is 0 Å². The number of benzene rings is 1. The molecule has 1 atom stereocenters. The molecule has 1 aliphatic carbocycles. The van der Waals surface area contributed by atoms with Crippen LogP contribution in [-0.4, -0.2) is 42.1 Å². The van der Waals surface area contributed by atoms with E-state index in [-0.39, 0.29) is 5.92 Å². The molecule has 26 heavy (non-hydrogen) atoms. The largest absolute Gasteiger partial charge is 0.387 e. The molecule has 0 bridgehead atoms. The van der Waals surface area contributed by atoms with Crippen LogP contribution in [0.5, 0.6) is 0 Å². The van der Waals surface area contributed by atoms with Gasteiger partial charge in [-0.15, -0.1) is 0 Å². The van der Waals surface area contributed by atoms with Gasteiger partial charge in [0.2, 0.25) is 5.91 Å². The standard InChI is InChI=1S/C22H32N2O2/c25-21(16-23-12-4-1-5-13-23)19-10-11-20-18(15-19)9-6-14-24(20)22(26)17-7-2-3-8-17/h10-11,15,17,21,25H,1-9,12-14,16H2. The summed E-state index contributed by atoms with van der Waals surface area (Å²) < 4.78 is 0. The SMILES string of the molecule is O=C(C1CCCC1)N1CCCc2cc(C(O)CN3CCCCC3)ccc21. The molecule has 4 heteroatoms. The molecule has 1 saturated heterocycles. The van der Waals surface area contributed by atoms with Gasteiger partial charge in [-0.25, -0.2) is 0 Å². The Morgan fingerprint density at radius 1 is 1.04 bits per heavy atom. The van der Waals surface area contributed by atoms with Crippen LogP contribution in [0.25, 0.3) is 0 Å². The van der Waals surface area contributed by atoms with Crippen molar-refractivity contribution in [2.24, 2.45) is 5.92 Å². The molecule has 1 aromatic rings. The maximum Gasteiger partial charge on any atom is 0.230 e. The van der Waals surface area contributed by atoms with E-state index in [4.69, 9.17) is 0 Å². The van der Waals surface area contributed by atoms with Gasteiger partial charge in [-0.3, -0.25) is 4.79 Å². The van der Waals surface area contributed by atoms with E-state index in [1.165, 1.54) is 37.7 Å². The topological polar surface area (TPSA) is 43.8 Å². The van der Waals surface area contributed by atoms with E-state index in [2.05, 4.69) is 17.0 Å². The number of aryl methyl sites for hydroxylation is 1. The summed E-state index contributed by atoms with van der Waals surface area (Å²) >= 11 is 0. The number of piperidine rings is 1. The Balaban J connectivity index is 1.47. The lowest BCUT2D eigenvalue weighted by atomic mass is 9.95. The molecule has 2 fully saturated rings. The van der Waals surface area contributed by atoms with Crippen LogP contribution in [0, 0.1) is 5.92 Å². The molecule has 1 N–H and O–H groups in total. The lowest BCUT2D eigenvalue weighted by molar-refractivity contribution is -0.122. The maximum atomic E-state index is 12.9. The molecule has 1 saturated carbocycles. The third-order valence-corrected chi connectivity index (χ3v) is 6.46. The first-order valence-corrected chi connectivity index (χ1v) is 10.6. The van der Waals surface area contributed by atoms with Crippen LogP contribution >= 0.6 is 0 Å². The number of aliphatic hydroxyl groups is 1. The Morgan fingerprint density at radius 2 is 1.81 bits per heavy atom. The first-order chi connectivity index (χ1) is 12.7. The van der Waals surface area contributed by atoms with Gasteiger partial charge >= 0.3 is 0 Å². The lowest BCUT2D eigenvalue weighted by Gasteiger charge is -2.33. The van der Waals surface area contributed by atoms with E-state index in [1.54, 1.807) is 0 Å². The van der Waals surface area contributed by atoms with Crippen molar-refractivity contribution < 1.29 is 9.90 Å². The third-order valence-electron chi connectivity index (χ3n) is 6.46. The fourth-order valence-corrected chi connectivity index (χ4v) is 4.94. The number of carbonyl (C=O) groups is 1. The van der Waals surface area contributed by atoms with Crippen molar-refractivity contribution in [3.63, 3.8) is 0 Å². The molecule has 1 aromatic carbocycles. The number of anilines is 1. The molecule has 0 radical (unpaired) electrons. The van der Waals surface area contributed by atoms with Crippen LogP contribution in [0.4, 0.5) is 5.69 Å². The normalized spacial score (nSPS) is 23.0. The van der Waals surface area contributed by atoms with Crippen molar-refractivity contribution in [2.75, 3.05) is 31.1 Å². The Kier molecular flexibility index (Phi) is 5.60. The monoisotopic (exact) mass is 356 g/mol. The van der Waals surface area contributed by atoms with Crippen molar-refractivity contribution in [1.29, 1.82) is 0 Å². The molecule has 1 unspecified atom stereocenters. The highest BCUT2D eigenvalue weighted by molar-refractivity contribution is 5.96. The summed E-state index contributed by atoms with van der Waals surface area (Å²) in [6, 6.07) is 6.27. The predicted octanol–water partition coefficient (Wildman–Crippen LogP) is 3.68. The molecule has 2 aliphatic heterocycles. The highest BCUT2D eigenvalue weighted by Gasteiger charge is 2.31. The molecule has 142 valence electrons. The first kappa shape index (κ1) is 18.0. The average molecular weight is 357 g/mol. The van der Waals surface area contributed by atoms with Crippen LogP contribution in [0.3, 0.4) is 0 Å². The molecule has 2 heterocycles. The Labute approximate surface area is 157 Å². The molecular formula is C22H32N2O2. The fourth-order valence-electron chi connectivity index (χ4n) is 4.94. The minimum atomic E-state index is -0.431. The Bertz CT molecular complexity index is 633. The highest BCUT2D eigenvalue weighted by atomic mass is 16.3. The molecule has 0 aromatic heterocycles. The van der Waals surface area contributed by atoms with Crippen molar-refractivity contribution in [1.82, 2.24) is 4.90 Å². The van der Waals surface area contributed by atoms with Gasteiger partial charge in [-0.1, -0.05) is 31.4 Å². The van der Waals surface area contributed by atoms with E-state index < -0.39 is 6.10 Å². The average Bonchev–Trinajstić information content (AvgIpc) is 3.22. The predicted molar refractivity (Wildman–Crippen MR) is 104 cm³/mol. The number of likely N-dealkylation sites (tertiary alicyclic amines) is 1. The van der Waals surface area contributed by atoms with Crippen LogP contribution in [0.2, 0.25) is 0 Å². The van der Waals surface area contributed by atoms with Crippen molar-refractivity contribution in [3.05, 3.63) is 29.3 Å². The quantitative estimate of drug-likeness (QED) is 0.895. The van der Waals surface area contributed by atoms with E-state index >= 15 is 0 Å².